The quantitative estimate of drug-likeness (QED) is 0.690. The first-order chi connectivity index (χ1) is 8.43. The Morgan fingerprint density at radius 1 is 0.941 bits per heavy atom. The van der Waals surface area contributed by atoms with Gasteiger partial charge in [0.1, 0.15) is 0 Å². The molecule has 0 radical (unpaired) electrons. The molecule has 0 saturated carbocycles. The maximum Gasteiger partial charge on any atom is -0.00577 e. The van der Waals surface area contributed by atoms with Gasteiger partial charge >= 0.3 is 0 Å². The van der Waals surface area contributed by atoms with Crippen LogP contribution in [0.15, 0.2) is 66.3 Å². The molecule has 0 nitrogen and oxygen atoms in total. The van der Waals surface area contributed by atoms with Crippen LogP contribution in [0.25, 0.3) is 10.8 Å². The molecule has 0 N–H and O–H groups in total. The van der Waals surface area contributed by atoms with Gasteiger partial charge in [0.2, 0.25) is 0 Å². The van der Waals surface area contributed by atoms with Crippen LogP contribution in [-0.2, 0) is 6.42 Å². The molecule has 0 saturated heterocycles. The molecular weight excluding hydrogens is 204 g/mol. The van der Waals surface area contributed by atoms with Crippen LogP contribution in [0.4, 0.5) is 0 Å². The highest BCUT2D eigenvalue weighted by Crippen LogP contribution is 2.23. The van der Waals surface area contributed by atoms with Gasteiger partial charge in [-0.3, -0.25) is 0 Å². The van der Waals surface area contributed by atoms with Crippen LogP contribution < -0.4 is 0 Å². The predicted octanol–water partition coefficient (Wildman–Crippen LogP) is 4.66. The summed E-state index contributed by atoms with van der Waals surface area (Å²) in [5.41, 5.74) is 2.99. The summed E-state index contributed by atoms with van der Waals surface area (Å²) in [5, 5.41) is 2.74. The molecule has 3 rings (SSSR count). The Hall–Kier alpha value is -1.82. The summed E-state index contributed by atoms with van der Waals surface area (Å²) in [6.07, 6.45) is 10.2. The van der Waals surface area contributed by atoms with Crippen molar-refractivity contribution in [3.05, 3.63) is 71.8 Å². The van der Waals surface area contributed by atoms with Gasteiger partial charge in [-0.05, 0) is 35.6 Å². The maximum absolute atomic E-state index is 2.27. The third kappa shape index (κ3) is 2.16. The molecule has 1 aliphatic carbocycles. The number of benzene rings is 2. The molecule has 84 valence electrons. The monoisotopic (exact) mass is 220 g/mol. The molecule has 0 heterocycles. The second-order valence-corrected chi connectivity index (χ2v) is 4.61. The largest absolute Gasteiger partial charge is 0.0842 e. The van der Waals surface area contributed by atoms with Crippen LogP contribution in [0.1, 0.15) is 18.4 Å². The number of allylic oxidation sites excluding steroid dienone is 4. The number of hydrogen-bond acceptors (Lipinski definition) is 0. The second-order valence-electron chi connectivity index (χ2n) is 4.61. The van der Waals surface area contributed by atoms with E-state index < -0.39 is 0 Å². The van der Waals surface area contributed by atoms with E-state index in [1.807, 2.05) is 0 Å². The van der Waals surface area contributed by atoms with E-state index in [-0.39, 0.29) is 0 Å². The Bertz CT molecular complexity index is 583. The van der Waals surface area contributed by atoms with Gasteiger partial charge in [-0.25, -0.2) is 0 Å². The fourth-order valence-corrected chi connectivity index (χ4v) is 2.49. The smallest absolute Gasteiger partial charge is 0.00577 e. The molecule has 0 aliphatic heterocycles. The van der Waals surface area contributed by atoms with Crippen molar-refractivity contribution in [3.63, 3.8) is 0 Å². The van der Waals surface area contributed by atoms with Crippen molar-refractivity contribution >= 4 is 10.8 Å². The topological polar surface area (TPSA) is 0 Å². The van der Waals surface area contributed by atoms with Crippen molar-refractivity contribution in [1.29, 1.82) is 0 Å². The Labute approximate surface area is 102 Å². The summed E-state index contributed by atoms with van der Waals surface area (Å²) in [4.78, 5) is 0. The second kappa shape index (κ2) is 4.58. The third-order valence-corrected chi connectivity index (χ3v) is 3.40. The number of fused-ring (bicyclic) bond motifs is 1. The average Bonchev–Trinajstić information content (AvgIpc) is 2.40. The van der Waals surface area contributed by atoms with E-state index >= 15 is 0 Å². The minimum Gasteiger partial charge on any atom is -0.0842 e. The lowest BCUT2D eigenvalue weighted by Crippen LogP contribution is -1.94. The van der Waals surface area contributed by atoms with E-state index in [9.17, 15) is 0 Å². The van der Waals surface area contributed by atoms with E-state index in [0.717, 1.165) is 6.42 Å². The maximum atomic E-state index is 2.27. The highest BCUT2D eigenvalue weighted by atomic mass is 14.1. The normalized spacial score (nSPS) is 14.9. The van der Waals surface area contributed by atoms with Gasteiger partial charge in [0.05, 0.1) is 0 Å². The molecule has 2 aromatic carbocycles. The zero-order chi connectivity index (χ0) is 11.5. The van der Waals surface area contributed by atoms with Gasteiger partial charge in [-0.2, -0.15) is 0 Å². The minimum atomic E-state index is 1.09. The number of hydrogen-bond donors (Lipinski definition) is 0. The molecule has 0 aromatic heterocycles. The zero-order valence-electron chi connectivity index (χ0n) is 9.89. The first-order valence-corrected chi connectivity index (χ1v) is 6.25. The lowest BCUT2D eigenvalue weighted by Gasteiger charge is -2.11. The molecule has 0 unspecified atom stereocenters. The van der Waals surface area contributed by atoms with E-state index in [0.29, 0.717) is 0 Å². The summed E-state index contributed by atoms with van der Waals surface area (Å²) < 4.78 is 0. The highest BCUT2D eigenvalue weighted by molar-refractivity contribution is 5.85. The molecule has 0 atom stereocenters. The molecule has 0 bridgehead atoms. The summed E-state index contributed by atoms with van der Waals surface area (Å²) in [6.45, 7) is 0. The van der Waals surface area contributed by atoms with Crippen molar-refractivity contribution in [2.24, 2.45) is 0 Å². The summed E-state index contributed by atoms with van der Waals surface area (Å²) in [5.74, 6) is 0. The van der Waals surface area contributed by atoms with Crippen molar-refractivity contribution in [1.82, 2.24) is 0 Å². The molecule has 0 amide bonds. The molecular formula is C17H16. The van der Waals surface area contributed by atoms with Crippen LogP contribution in [0, 0.1) is 0 Å². The van der Waals surface area contributed by atoms with Gasteiger partial charge in [0.25, 0.3) is 0 Å². The van der Waals surface area contributed by atoms with Crippen molar-refractivity contribution < 1.29 is 0 Å². The fourth-order valence-electron chi connectivity index (χ4n) is 2.49. The van der Waals surface area contributed by atoms with Gasteiger partial charge in [0.15, 0.2) is 0 Å². The third-order valence-electron chi connectivity index (χ3n) is 3.40. The zero-order valence-corrected chi connectivity index (χ0v) is 9.89. The summed E-state index contributed by atoms with van der Waals surface area (Å²) in [6, 6.07) is 15.2. The lowest BCUT2D eigenvalue weighted by molar-refractivity contribution is 0.914. The molecule has 0 spiro atoms. The van der Waals surface area contributed by atoms with Crippen LogP contribution in [0.5, 0.6) is 0 Å². The Balaban J connectivity index is 2.00. The van der Waals surface area contributed by atoms with Crippen LogP contribution in [0.3, 0.4) is 0 Å². The predicted molar refractivity (Wildman–Crippen MR) is 74.1 cm³/mol. The van der Waals surface area contributed by atoms with Crippen LogP contribution in [0.2, 0.25) is 0 Å². The molecule has 1 aliphatic rings. The minimum absolute atomic E-state index is 1.09. The standard InChI is InChI=1S/C17H16/c1-2-7-14(8-3-1)13-16-11-6-10-15-9-4-5-12-17(15)16/h1-2,4-7,9-12H,3,8,13H2. The van der Waals surface area contributed by atoms with Gasteiger partial charge in [0, 0.05) is 0 Å². The lowest BCUT2D eigenvalue weighted by atomic mass is 9.94. The van der Waals surface area contributed by atoms with Crippen molar-refractivity contribution in [3.8, 4) is 0 Å². The number of rotatable bonds is 2. The van der Waals surface area contributed by atoms with Crippen LogP contribution >= 0.6 is 0 Å². The Kier molecular flexibility index (Phi) is 2.79. The van der Waals surface area contributed by atoms with E-state index in [4.69, 9.17) is 0 Å². The Morgan fingerprint density at radius 3 is 2.71 bits per heavy atom. The molecule has 2 aromatic rings. The molecule has 17 heavy (non-hydrogen) atoms. The van der Waals surface area contributed by atoms with Crippen molar-refractivity contribution in [2.45, 2.75) is 19.3 Å². The van der Waals surface area contributed by atoms with E-state index in [1.165, 1.54) is 29.2 Å². The highest BCUT2D eigenvalue weighted by Gasteiger charge is 2.04. The fraction of sp³-hybridized carbons (Fsp3) is 0.176. The van der Waals surface area contributed by atoms with Gasteiger partial charge in [-0.15, -0.1) is 0 Å². The van der Waals surface area contributed by atoms with Gasteiger partial charge in [-0.1, -0.05) is 66.3 Å². The first-order valence-electron chi connectivity index (χ1n) is 6.25. The summed E-state index contributed by atoms with van der Waals surface area (Å²) in [7, 11) is 0. The summed E-state index contributed by atoms with van der Waals surface area (Å²) >= 11 is 0. The van der Waals surface area contributed by atoms with Gasteiger partial charge < -0.3 is 0 Å². The van der Waals surface area contributed by atoms with E-state index in [1.54, 1.807) is 5.57 Å². The van der Waals surface area contributed by atoms with Crippen molar-refractivity contribution in [2.75, 3.05) is 0 Å². The molecule has 0 heteroatoms. The first kappa shape index (κ1) is 10.3. The molecule has 0 fully saturated rings. The SMILES string of the molecule is C1=CCCC(Cc2cccc3ccccc23)=C1. The van der Waals surface area contributed by atoms with E-state index in [2.05, 4.69) is 60.7 Å². The average molecular weight is 220 g/mol. The van der Waals surface area contributed by atoms with Crippen LogP contribution in [-0.4, -0.2) is 0 Å². The Morgan fingerprint density at radius 2 is 1.82 bits per heavy atom.